The van der Waals surface area contributed by atoms with Crippen LogP contribution in [-0.4, -0.2) is 62.2 Å². The normalized spacial score (nSPS) is 15.5. The fraction of sp³-hybridized carbons (Fsp3) is 0.333. The number of hydrogen-bond donors (Lipinski definition) is 0. The number of benzene rings is 3. The summed E-state index contributed by atoms with van der Waals surface area (Å²) in [4.78, 5) is 18.0. The molecule has 1 aliphatic rings. The first-order chi connectivity index (χ1) is 19.7. The molecule has 10 nitrogen and oxygen atoms in total. The molecule has 0 amide bonds. The molecule has 0 radical (unpaired) electrons. The number of hydrogen-bond acceptors (Lipinski definition) is 8. The first-order valence-corrected chi connectivity index (χ1v) is 15.0. The molecule has 0 aliphatic carbocycles. The van der Waals surface area contributed by atoms with Gasteiger partial charge >= 0.3 is 5.69 Å². The van der Waals surface area contributed by atoms with Gasteiger partial charge in [-0.3, -0.25) is 4.18 Å². The van der Waals surface area contributed by atoms with Crippen molar-refractivity contribution in [3.05, 3.63) is 95.2 Å². The largest absolute Gasteiger partial charge is 0.497 e. The molecular formula is C30H35N5O5S. The van der Waals surface area contributed by atoms with Crippen molar-refractivity contribution in [2.24, 2.45) is 0 Å². The highest BCUT2D eigenvalue weighted by molar-refractivity contribution is 7.86. The number of aromatic nitrogens is 3. The number of anilines is 2. The second kappa shape index (κ2) is 11.8. The zero-order chi connectivity index (χ0) is 29.1. The Hall–Kier alpha value is -4.09. The molecule has 3 aromatic carbocycles. The van der Waals surface area contributed by atoms with Crippen LogP contribution in [-0.2, 0) is 14.3 Å². The van der Waals surface area contributed by atoms with E-state index in [0.29, 0.717) is 5.69 Å². The zero-order valence-corrected chi connectivity index (χ0v) is 24.5. The SMILES string of the molecule is COc1ccc(N2CCN(c3ccc(-n4cnn(C(C)C(C)OS(=O)(=O)c5ccc(C)cc5)c4=O)cc3)CC2)cc1. The number of methoxy groups -OCH3 is 1. The lowest BCUT2D eigenvalue weighted by atomic mass is 10.2. The summed E-state index contributed by atoms with van der Waals surface area (Å²) in [6.07, 6.45) is 0.629. The van der Waals surface area contributed by atoms with E-state index >= 15 is 0 Å². The summed E-state index contributed by atoms with van der Waals surface area (Å²) < 4.78 is 38.8. The average Bonchev–Trinajstić information content (AvgIpc) is 3.38. The Balaban J connectivity index is 1.22. The van der Waals surface area contributed by atoms with Crippen LogP contribution in [0.4, 0.5) is 11.4 Å². The van der Waals surface area contributed by atoms with E-state index in [4.69, 9.17) is 8.92 Å². The first-order valence-electron chi connectivity index (χ1n) is 13.6. The molecule has 5 rings (SSSR count). The van der Waals surface area contributed by atoms with Crippen LogP contribution in [0.3, 0.4) is 0 Å². The Labute approximate surface area is 240 Å². The summed E-state index contributed by atoms with van der Waals surface area (Å²) >= 11 is 0. The average molecular weight is 578 g/mol. The Kier molecular flexibility index (Phi) is 8.18. The molecule has 1 aromatic heterocycles. The molecule has 0 saturated carbocycles. The van der Waals surface area contributed by atoms with Crippen molar-refractivity contribution in [3.63, 3.8) is 0 Å². The number of ether oxygens (including phenoxy) is 1. The summed E-state index contributed by atoms with van der Waals surface area (Å²) in [5.74, 6) is 0.848. The van der Waals surface area contributed by atoms with Gasteiger partial charge in [0.1, 0.15) is 12.1 Å². The van der Waals surface area contributed by atoms with Gasteiger partial charge in [0.25, 0.3) is 10.1 Å². The molecule has 1 aliphatic heterocycles. The topological polar surface area (TPSA) is 98.9 Å². The summed E-state index contributed by atoms with van der Waals surface area (Å²) in [7, 11) is -2.32. The van der Waals surface area contributed by atoms with E-state index in [1.165, 1.54) is 33.4 Å². The molecule has 0 spiro atoms. The summed E-state index contributed by atoms with van der Waals surface area (Å²) in [6, 6.07) is 21.7. The molecule has 11 heteroatoms. The zero-order valence-electron chi connectivity index (χ0n) is 23.7. The van der Waals surface area contributed by atoms with Crippen LogP contribution in [0.2, 0.25) is 0 Å². The van der Waals surface area contributed by atoms with E-state index in [2.05, 4.69) is 27.0 Å². The Morgan fingerprint density at radius 2 is 1.29 bits per heavy atom. The van der Waals surface area contributed by atoms with Crippen molar-refractivity contribution in [3.8, 4) is 11.4 Å². The third kappa shape index (κ3) is 6.15. The maximum atomic E-state index is 13.2. The fourth-order valence-electron chi connectivity index (χ4n) is 4.85. The molecule has 4 aromatic rings. The molecule has 41 heavy (non-hydrogen) atoms. The van der Waals surface area contributed by atoms with E-state index in [1.807, 2.05) is 43.3 Å². The van der Waals surface area contributed by atoms with Gasteiger partial charge in [0.15, 0.2) is 0 Å². The molecule has 1 saturated heterocycles. The van der Waals surface area contributed by atoms with Gasteiger partial charge in [-0.1, -0.05) is 17.7 Å². The lowest BCUT2D eigenvalue weighted by molar-refractivity contribution is 0.161. The lowest BCUT2D eigenvalue weighted by Gasteiger charge is -2.37. The minimum atomic E-state index is -3.99. The van der Waals surface area contributed by atoms with E-state index in [-0.39, 0.29) is 10.6 Å². The van der Waals surface area contributed by atoms with Crippen molar-refractivity contribution >= 4 is 21.5 Å². The van der Waals surface area contributed by atoms with E-state index < -0.39 is 22.3 Å². The van der Waals surface area contributed by atoms with Crippen LogP contribution in [0.1, 0.15) is 25.5 Å². The van der Waals surface area contributed by atoms with Gasteiger partial charge in [-0.05, 0) is 81.4 Å². The van der Waals surface area contributed by atoms with Crippen LogP contribution in [0, 0.1) is 6.92 Å². The van der Waals surface area contributed by atoms with Crippen molar-refractivity contribution in [1.82, 2.24) is 14.3 Å². The smallest absolute Gasteiger partial charge is 0.350 e. The van der Waals surface area contributed by atoms with Gasteiger partial charge in [-0.15, -0.1) is 0 Å². The van der Waals surface area contributed by atoms with Crippen LogP contribution < -0.4 is 20.2 Å². The quantitative estimate of drug-likeness (QED) is 0.275. The molecule has 2 heterocycles. The predicted molar refractivity (Wildman–Crippen MR) is 159 cm³/mol. The van der Waals surface area contributed by atoms with Crippen LogP contribution in [0.15, 0.2) is 88.8 Å². The summed E-state index contributed by atoms with van der Waals surface area (Å²) in [6.45, 7) is 8.77. The van der Waals surface area contributed by atoms with E-state index in [1.54, 1.807) is 33.1 Å². The van der Waals surface area contributed by atoms with Crippen LogP contribution in [0.25, 0.3) is 5.69 Å². The van der Waals surface area contributed by atoms with Crippen molar-refractivity contribution in [2.75, 3.05) is 43.1 Å². The highest BCUT2D eigenvalue weighted by Gasteiger charge is 2.26. The lowest BCUT2D eigenvalue weighted by Crippen LogP contribution is -2.46. The first kappa shape index (κ1) is 28.4. The third-order valence-corrected chi connectivity index (χ3v) is 8.96. The number of nitrogens with zero attached hydrogens (tertiary/aromatic N) is 5. The van der Waals surface area contributed by atoms with Crippen molar-refractivity contribution < 1.29 is 17.3 Å². The van der Waals surface area contributed by atoms with Gasteiger partial charge in [-0.25, -0.2) is 14.0 Å². The molecule has 2 atom stereocenters. The summed E-state index contributed by atoms with van der Waals surface area (Å²) in [5, 5.41) is 4.26. The Morgan fingerprint density at radius 3 is 1.83 bits per heavy atom. The second-order valence-electron chi connectivity index (χ2n) is 10.2. The number of aryl methyl sites for hydroxylation is 1. The molecule has 0 N–H and O–H groups in total. The minimum Gasteiger partial charge on any atom is -0.497 e. The highest BCUT2D eigenvalue weighted by atomic mass is 32.2. The maximum Gasteiger partial charge on any atom is 0.350 e. The molecule has 0 bridgehead atoms. The fourth-order valence-corrected chi connectivity index (χ4v) is 5.99. The molecule has 1 fully saturated rings. The van der Waals surface area contributed by atoms with Crippen LogP contribution >= 0.6 is 0 Å². The minimum absolute atomic E-state index is 0.0715. The molecular weight excluding hydrogens is 542 g/mol. The molecule has 216 valence electrons. The molecule has 2 unspecified atom stereocenters. The summed E-state index contributed by atoms with van der Waals surface area (Å²) in [5.41, 5.74) is 3.51. The van der Waals surface area contributed by atoms with Crippen LogP contribution in [0.5, 0.6) is 5.75 Å². The second-order valence-corrected chi connectivity index (χ2v) is 11.8. The van der Waals surface area contributed by atoms with Gasteiger partial charge in [0.2, 0.25) is 0 Å². The van der Waals surface area contributed by atoms with Gasteiger partial charge < -0.3 is 14.5 Å². The number of piperazine rings is 1. The van der Waals surface area contributed by atoms with E-state index in [0.717, 1.165) is 43.2 Å². The van der Waals surface area contributed by atoms with Crippen molar-refractivity contribution in [1.29, 1.82) is 0 Å². The van der Waals surface area contributed by atoms with Gasteiger partial charge in [0.05, 0.1) is 29.8 Å². The maximum absolute atomic E-state index is 13.2. The third-order valence-electron chi connectivity index (χ3n) is 7.56. The standard InChI is InChI=1S/C30H35N5O5S/c1-22-5-15-29(16-6-22)41(37,38)40-24(3)23(2)35-30(36)34(21-31-35)27-9-7-25(8-10-27)32-17-19-33(20-18-32)26-11-13-28(39-4)14-12-26/h5-16,21,23-24H,17-20H2,1-4H3. The highest BCUT2D eigenvalue weighted by Crippen LogP contribution is 2.24. The van der Waals surface area contributed by atoms with Gasteiger partial charge in [-0.2, -0.15) is 13.5 Å². The Bertz CT molecular complexity index is 1620. The van der Waals surface area contributed by atoms with Crippen molar-refractivity contribution in [2.45, 2.75) is 37.8 Å². The Morgan fingerprint density at radius 1 is 0.780 bits per heavy atom. The monoisotopic (exact) mass is 577 g/mol. The number of rotatable bonds is 9. The van der Waals surface area contributed by atoms with Gasteiger partial charge in [0, 0.05) is 37.6 Å². The van der Waals surface area contributed by atoms with E-state index in [9.17, 15) is 13.2 Å². The predicted octanol–water partition coefficient (Wildman–Crippen LogP) is 4.03.